The molecule has 0 radical (unpaired) electrons. The van der Waals surface area contributed by atoms with Gasteiger partial charge in [-0.2, -0.15) is 8.42 Å². The quantitative estimate of drug-likeness (QED) is 0.335. The van der Waals surface area contributed by atoms with Crippen LogP contribution in [0.15, 0.2) is 0 Å². The van der Waals surface area contributed by atoms with E-state index < -0.39 is 15.4 Å². The minimum atomic E-state index is -3.96. The fourth-order valence-electron chi connectivity index (χ4n) is 2.76. The van der Waals surface area contributed by atoms with Gasteiger partial charge in [0.15, 0.2) is 0 Å². The molecule has 0 saturated heterocycles. The predicted molar refractivity (Wildman–Crippen MR) is 92.7 cm³/mol. The van der Waals surface area contributed by atoms with Crippen LogP contribution >= 0.6 is 0 Å². The fraction of sp³-hybridized carbons (Fsp3) is 1.00. The zero-order valence-electron chi connectivity index (χ0n) is 14.5. The standard InChI is InChI=1S/C17H36O4S/c1-3-5-7-8-9-10-14-17(22(19,20)21)15-11-13-16(18)12-6-4-2/h16-18H,3-15H2,1-2H3,(H,19,20,21). The minimum Gasteiger partial charge on any atom is -0.393 e. The van der Waals surface area contributed by atoms with Crippen LogP contribution in [0.1, 0.15) is 97.3 Å². The zero-order valence-corrected chi connectivity index (χ0v) is 15.3. The Morgan fingerprint density at radius 3 is 1.82 bits per heavy atom. The number of aliphatic hydroxyl groups excluding tert-OH is 1. The molecule has 0 rings (SSSR count). The van der Waals surface area contributed by atoms with Gasteiger partial charge in [-0.1, -0.05) is 65.2 Å². The van der Waals surface area contributed by atoms with Gasteiger partial charge in [0.2, 0.25) is 0 Å². The summed E-state index contributed by atoms with van der Waals surface area (Å²) >= 11 is 0. The highest BCUT2D eigenvalue weighted by atomic mass is 32.2. The van der Waals surface area contributed by atoms with E-state index >= 15 is 0 Å². The Kier molecular flexibility index (Phi) is 13.2. The van der Waals surface area contributed by atoms with E-state index in [2.05, 4.69) is 13.8 Å². The lowest BCUT2D eigenvalue weighted by Crippen LogP contribution is -2.21. The normalized spacial score (nSPS) is 14.9. The van der Waals surface area contributed by atoms with Crippen molar-refractivity contribution in [1.29, 1.82) is 0 Å². The van der Waals surface area contributed by atoms with Crippen molar-refractivity contribution >= 4 is 10.1 Å². The van der Waals surface area contributed by atoms with Crippen LogP contribution in [0.3, 0.4) is 0 Å². The van der Waals surface area contributed by atoms with Gasteiger partial charge in [0, 0.05) is 0 Å². The van der Waals surface area contributed by atoms with Crippen LogP contribution in [0.4, 0.5) is 0 Å². The third-order valence-electron chi connectivity index (χ3n) is 4.26. The Bertz CT molecular complexity index is 341. The first kappa shape index (κ1) is 21.9. The second-order valence-electron chi connectivity index (χ2n) is 6.42. The molecule has 0 saturated carbocycles. The molecule has 4 nitrogen and oxygen atoms in total. The lowest BCUT2D eigenvalue weighted by atomic mass is 10.0. The van der Waals surface area contributed by atoms with Crippen LogP contribution in [-0.4, -0.2) is 29.4 Å². The number of rotatable bonds is 15. The Balaban J connectivity index is 3.95. The molecular weight excluding hydrogens is 300 g/mol. The summed E-state index contributed by atoms with van der Waals surface area (Å²) in [5, 5.41) is 9.13. The third kappa shape index (κ3) is 12.4. The van der Waals surface area contributed by atoms with Crippen molar-refractivity contribution in [2.75, 3.05) is 0 Å². The highest BCUT2D eigenvalue weighted by molar-refractivity contribution is 7.86. The maximum atomic E-state index is 11.4. The Morgan fingerprint density at radius 2 is 1.23 bits per heavy atom. The van der Waals surface area contributed by atoms with E-state index in [0.29, 0.717) is 25.7 Å². The molecule has 0 aromatic rings. The molecule has 0 aromatic carbocycles. The Hall–Kier alpha value is -0.130. The lowest BCUT2D eigenvalue weighted by Gasteiger charge is -2.15. The monoisotopic (exact) mass is 336 g/mol. The first-order valence-electron chi connectivity index (χ1n) is 9.06. The van der Waals surface area contributed by atoms with E-state index in [0.717, 1.165) is 38.5 Å². The van der Waals surface area contributed by atoms with Crippen molar-refractivity contribution in [3.8, 4) is 0 Å². The summed E-state index contributed by atoms with van der Waals surface area (Å²) in [5.41, 5.74) is 0. The summed E-state index contributed by atoms with van der Waals surface area (Å²) in [5.74, 6) is 0. The molecule has 134 valence electrons. The van der Waals surface area contributed by atoms with Crippen molar-refractivity contribution in [3.63, 3.8) is 0 Å². The molecule has 0 bridgehead atoms. The number of aliphatic hydroxyl groups is 1. The average Bonchev–Trinajstić information content (AvgIpc) is 2.45. The molecule has 0 heterocycles. The maximum absolute atomic E-state index is 11.4. The van der Waals surface area contributed by atoms with Gasteiger partial charge in [0.1, 0.15) is 0 Å². The van der Waals surface area contributed by atoms with E-state index in [4.69, 9.17) is 0 Å². The molecular formula is C17H36O4S. The molecule has 2 unspecified atom stereocenters. The van der Waals surface area contributed by atoms with Crippen LogP contribution < -0.4 is 0 Å². The number of unbranched alkanes of at least 4 members (excludes halogenated alkanes) is 6. The molecule has 0 aliphatic carbocycles. The van der Waals surface area contributed by atoms with Crippen LogP contribution in [0.2, 0.25) is 0 Å². The molecule has 0 aliphatic rings. The van der Waals surface area contributed by atoms with Crippen molar-refractivity contribution in [3.05, 3.63) is 0 Å². The number of hydrogen-bond acceptors (Lipinski definition) is 3. The summed E-state index contributed by atoms with van der Waals surface area (Å²) < 4.78 is 32.2. The van der Waals surface area contributed by atoms with Gasteiger partial charge in [-0.25, -0.2) is 0 Å². The van der Waals surface area contributed by atoms with Gasteiger partial charge in [0.25, 0.3) is 10.1 Å². The smallest absolute Gasteiger partial charge is 0.267 e. The van der Waals surface area contributed by atoms with Crippen molar-refractivity contribution in [1.82, 2.24) is 0 Å². The lowest BCUT2D eigenvalue weighted by molar-refractivity contribution is 0.148. The summed E-state index contributed by atoms with van der Waals surface area (Å²) in [7, 11) is -3.96. The minimum absolute atomic E-state index is 0.337. The molecule has 0 fully saturated rings. The van der Waals surface area contributed by atoms with Gasteiger partial charge in [-0.15, -0.1) is 0 Å². The van der Waals surface area contributed by atoms with Crippen LogP contribution in [0.25, 0.3) is 0 Å². The second kappa shape index (κ2) is 13.3. The van der Waals surface area contributed by atoms with E-state index in [9.17, 15) is 18.1 Å². The molecule has 0 aromatic heterocycles. The van der Waals surface area contributed by atoms with E-state index in [1.165, 1.54) is 19.3 Å². The Labute approximate surface area is 137 Å². The van der Waals surface area contributed by atoms with Gasteiger partial charge in [-0.3, -0.25) is 4.55 Å². The van der Waals surface area contributed by atoms with Gasteiger partial charge in [-0.05, 0) is 32.1 Å². The SMILES string of the molecule is CCCCCCCCC(CCCC(O)CCCC)S(=O)(=O)O. The molecule has 22 heavy (non-hydrogen) atoms. The summed E-state index contributed by atoms with van der Waals surface area (Å²) in [6.07, 6.45) is 11.5. The first-order chi connectivity index (χ1) is 10.4. The zero-order chi connectivity index (χ0) is 16.8. The van der Waals surface area contributed by atoms with Crippen molar-refractivity contribution < 1.29 is 18.1 Å². The molecule has 2 atom stereocenters. The van der Waals surface area contributed by atoms with Crippen molar-refractivity contribution in [2.24, 2.45) is 0 Å². The highest BCUT2D eigenvalue weighted by Gasteiger charge is 2.22. The van der Waals surface area contributed by atoms with Crippen LogP contribution in [0, 0.1) is 0 Å². The van der Waals surface area contributed by atoms with E-state index in [1.54, 1.807) is 0 Å². The van der Waals surface area contributed by atoms with Gasteiger partial charge in [0.05, 0.1) is 11.4 Å². The summed E-state index contributed by atoms with van der Waals surface area (Å²) in [4.78, 5) is 0. The molecule has 5 heteroatoms. The second-order valence-corrected chi connectivity index (χ2v) is 8.12. The topological polar surface area (TPSA) is 74.6 Å². The highest BCUT2D eigenvalue weighted by Crippen LogP contribution is 2.19. The molecule has 0 amide bonds. The van der Waals surface area contributed by atoms with Gasteiger partial charge >= 0.3 is 0 Å². The Morgan fingerprint density at radius 1 is 0.727 bits per heavy atom. The van der Waals surface area contributed by atoms with Crippen LogP contribution in [0.5, 0.6) is 0 Å². The van der Waals surface area contributed by atoms with Crippen molar-refractivity contribution in [2.45, 2.75) is 109 Å². The predicted octanol–water partition coefficient (Wildman–Crippen LogP) is 4.71. The third-order valence-corrected chi connectivity index (χ3v) is 5.57. The fourth-order valence-corrected chi connectivity index (χ4v) is 3.69. The largest absolute Gasteiger partial charge is 0.393 e. The summed E-state index contributed by atoms with van der Waals surface area (Å²) in [6.45, 7) is 4.25. The number of hydrogen-bond donors (Lipinski definition) is 2. The first-order valence-corrected chi connectivity index (χ1v) is 10.6. The van der Waals surface area contributed by atoms with E-state index in [-0.39, 0.29) is 6.10 Å². The molecule has 2 N–H and O–H groups in total. The summed E-state index contributed by atoms with van der Waals surface area (Å²) in [6, 6.07) is 0. The van der Waals surface area contributed by atoms with E-state index in [1.807, 2.05) is 0 Å². The average molecular weight is 337 g/mol. The van der Waals surface area contributed by atoms with Crippen LogP contribution in [-0.2, 0) is 10.1 Å². The maximum Gasteiger partial charge on any atom is 0.267 e. The van der Waals surface area contributed by atoms with Gasteiger partial charge < -0.3 is 5.11 Å². The molecule has 0 aliphatic heterocycles. The molecule has 0 spiro atoms.